The van der Waals surface area contributed by atoms with Crippen LogP contribution in [0.15, 0.2) is 23.4 Å². The minimum absolute atomic E-state index is 0.00391. The van der Waals surface area contributed by atoms with Crippen LogP contribution in [0.1, 0.15) is 33.6 Å². The summed E-state index contributed by atoms with van der Waals surface area (Å²) in [7, 11) is -1.72. The van der Waals surface area contributed by atoms with Crippen molar-refractivity contribution < 1.29 is 9.22 Å². The van der Waals surface area contributed by atoms with Crippen molar-refractivity contribution in [2.75, 3.05) is 0 Å². The van der Waals surface area contributed by atoms with Crippen molar-refractivity contribution in [1.82, 2.24) is 5.32 Å². The van der Waals surface area contributed by atoms with E-state index in [9.17, 15) is 4.79 Å². The molecular formula is C14H23NO2Si. The second-order valence-corrected chi connectivity index (χ2v) is 11.5. The fourth-order valence-corrected chi connectivity index (χ4v) is 3.46. The van der Waals surface area contributed by atoms with Gasteiger partial charge in [0.05, 0.1) is 6.10 Å². The minimum atomic E-state index is -1.72. The van der Waals surface area contributed by atoms with Crippen molar-refractivity contribution in [3.05, 3.63) is 23.4 Å². The van der Waals surface area contributed by atoms with Crippen LogP contribution in [0.25, 0.3) is 0 Å². The summed E-state index contributed by atoms with van der Waals surface area (Å²) in [5.41, 5.74) is 2.10. The van der Waals surface area contributed by atoms with Crippen molar-refractivity contribution in [2.24, 2.45) is 0 Å². The summed E-state index contributed by atoms with van der Waals surface area (Å²) < 4.78 is 6.40. The van der Waals surface area contributed by atoms with Crippen LogP contribution in [0.5, 0.6) is 0 Å². The maximum atomic E-state index is 11.3. The smallest absolute Gasteiger partial charge is 0.248 e. The molecule has 2 rings (SSSR count). The van der Waals surface area contributed by atoms with Gasteiger partial charge in [-0.25, -0.2) is 0 Å². The van der Waals surface area contributed by atoms with Crippen molar-refractivity contribution >= 4 is 14.2 Å². The van der Waals surface area contributed by atoms with E-state index in [1.165, 1.54) is 0 Å². The van der Waals surface area contributed by atoms with Crippen LogP contribution in [-0.2, 0) is 9.22 Å². The molecule has 2 aliphatic rings. The molecule has 1 heterocycles. The molecule has 0 aromatic carbocycles. The van der Waals surface area contributed by atoms with E-state index in [1.54, 1.807) is 6.08 Å². The van der Waals surface area contributed by atoms with Gasteiger partial charge in [-0.15, -0.1) is 0 Å². The van der Waals surface area contributed by atoms with E-state index in [1.807, 2.05) is 0 Å². The standard InChI is InChI=1S/C14H23NO2Si/c1-14(2,3)18(4,5)17-11-6-7-12-10(8-11)9-13(16)15-12/h7,9,11H,6,8H2,1-5H3,(H,15,16). The number of amides is 1. The zero-order valence-corrected chi connectivity index (χ0v) is 13.0. The highest BCUT2D eigenvalue weighted by Crippen LogP contribution is 2.39. The van der Waals surface area contributed by atoms with Gasteiger partial charge in [-0.2, -0.15) is 0 Å². The van der Waals surface area contributed by atoms with Crippen molar-refractivity contribution in [2.45, 2.75) is 57.8 Å². The third-order valence-corrected chi connectivity index (χ3v) is 8.74. The number of carbonyl (C=O) groups excluding carboxylic acids is 1. The van der Waals surface area contributed by atoms with E-state index in [0.29, 0.717) is 0 Å². The predicted molar refractivity (Wildman–Crippen MR) is 75.6 cm³/mol. The first-order valence-electron chi connectivity index (χ1n) is 6.59. The summed E-state index contributed by atoms with van der Waals surface area (Å²) in [5, 5.41) is 3.09. The van der Waals surface area contributed by atoms with Crippen LogP contribution >= 0.6 is 0 Å². The molecule has 0 bridgehead atoms. The molecule has 0 spiro atoms. The highest BCUT2D eigenvalue weighted by Gasteiger charge is 2.40. The highest BCUT2D eigenvalue weighted by atomic mass is 28.4. The van der Waals surface area contributed by atoms with Gasteiger partial charge in [0.2, 0.25) is 5.91 Å². The van der Waals surface area contributed by atoms with Crippen molar-refractivity contribution in [1.29, 1.82) is 0 Å². The Balaban J connectivity index is 2.06. The minimum Gasteiger partial charge on any atom is -0.413 e. The molecule has 3 nitrogen and oxygen atoms in total. The third-order valence-electron chi connectivity index (χ3n) is 4.21. The monoisotopic (exact) mass is 265 g/mol. The van der Waals surface area contributed by atoms with Crippen LogP contribution in [0.3, 0.4) is 0 Å². The second-order valence-electron chi connectivity index (χ2n) is 6.72. The Labute approximate surface area is 110 Å². The van der Waals surface area contributed by atoms with Gasteiger partial charge in [-0.1, -0.05) is 26.8 Å². The molecule has 0 radical (unpaired) electrons. The zero-order chi connectivity index (χ0) is 13.6. The molecule has 0 aromatic heterocycles. The summed E-state index contributed by atoms with van der Waals surface area (Å²) in [6, 6.07) is 0. The van der Waals surface area contributed by atoms with E-state index in [4.69, 9.17) is 4.43 Å². The van der Waals surface area contributed by atoms with Gasteiger partial charge in [0.25, 0.3) is 0 Å². The Morgan fingerprint density at radius 3 is 2.67 bits per heavy atom. The highest BCUT2D eigenvalue weighted by molar-refractivity contribution is 6.74. The molecule has 0 aromatic rings. The Morgan fingerprint density at radius 1 is 1.39 bits per heavy atom. The first-order valence-corrected chi connectivity index (χ1v) is 9.50. The molecule has 1 amide bonds. The van der Waals surface area contributed by atoms with E-state index in [2.05, 4.69) is 45.3 Å². The summed E-state index contributed by atoms with van der Waals surface area (Å²) in [5.74, 6) is 0.00391. The van der Waals surface area contributed by atoms with Gasteiger partial charge in [-0.05, 0) is 36.5 Å². The van der Waals surface area contributed by atoms with Gasteiger partial charge in [0.15, 0.2) is 8.32 Å². The predicted octanol–water partition coefficient (Wildman–Crippen LogP) is 3.11. The number of nitrogens with one attached hydrogen (secondary N) is 1. The van der Waals surface area contributed by atoms with Crippen LogP contribution in [0.2, 0.25) is 18.1 Å². The molecule has 1 aliphatic carbocycles. The number of fused-ring (bicyclic) bond motifs is 1. The number of rotatable bonds is 2. The van der Waals surface area contributed by atoms with Crippen molar-refractivity contribution in [3.63, 3.8) is 0 Å². The average molecular weight is 265 g/mol. The maximum Gasteiger partial charge on any atom is 0.248 e. The largest absolute Gasteiger partial charge is 0.413 e. The van der Waals surface area contributed by atoms with Gasteiger partial charge in [0, 0.05) is 11.8 Å². The topological polar surface area (TPSA) is 38.3 Å². The SMILES string of the molecule is CC(C)(C)[Si](C)(C)OC1CC=C2NC(=O)C=C2C1. The second kappa shape index (κ2) is 4.35. The van der Waals surface area contributed by atoms with E-state index >= 15 is 0 Å². The summed E-state index contributed by atoms with van der Waals surface area (Å²) in [6.07, 6.45) is 5.79. The summed E-state index contributed by atoms with van der Waals surface area (Å²) in [6.45, 7) is 11.3. The summed E-state index contributed by atoms with van der Waals surface area (Å²) in [4.78, 5) is 11.3. The number of hydrogen-bond donors (Lipinski definition) is 1. The van der Waals surface area contributed by atoms with E-state index in [-0.39, 0.29) is 17.0 Å². The van der Waals surface area contributed by atoms with E-state index in [0.717, 1.165) is 24.1 Å². The zero-order valence-electron chi connectivity index (χ0n) is 12.0. The lowest BCUT2D eigenvalue weighted by molar-refractivity contribution is -0.115. The molecule has 1 N–H and O–H groups in total. The van der Waals surface area contributed by atoms with E-state index < -0.39 is 8.32 Å². The Kier molecular flexibility index (Phi) is 3.28. The lowest BCUT2D eigenvalue weighted by Crippen LogP contribution is -2.44. The number of carbonyl (C=O) groups is 1. The molecule has 18 heavy (non-hydrogen) atoms. The Bertz CT molecular complexity index is 430. The molecule has 100 valence electrons. The normalized spacial score (nSPS) is 24.3. The van der Waals surface area contributed by atoms with Crippen LogP contribution < -0.4 is 5.32 Å². The number of allylic oxidation sites excluding steroid dienone is 1. The first-order chi connectivity index (χ1) is 8.19. The van der Waals surface area contributed by atoms with Gasteiger partial charge in [-0.3, -0.25) is 4.79 Å². The summed E-state index contributed by atoms with van der Waals surface area (Å²) >= 11 is 0. The Morgan fingerprint density at radius 2 is 2.06 bits per heavy atom. The van der Waals surface area contributed by atoms with Gasteiger partial charge in [0.1, 0.15) is 0 Å². The molecule has 0 saturated heterocycles. The quantitative estimate of drug-likeness (QED) is 0.779. The fraction of sp³-hybridized carbons (Fsp3) is 0.643. The molecule has 0 saturated carbocycles. The first kappa shape index (κ1) is 13.6. The average Bonchev–Trinajstić information content (AvgIpc) is 2.54. The third kappa shape index (κ3) is 2.59. The molecule has 1 unspecified atom stereocenters. The molecule has 1 aliphatic heterocycles. The van der Waals surface area contributed by atoms with Crippen LogP contribution in [0, 0.1) is 0 Å². The van der Waals surface area contributed by atoms with Crippen LogP contribution in [0.4, 0.5) is 0 Å². The maximum absolute atomic E-state index is 11.3. The number of hydrogen-bond acceptors (Lipinski definition) is 2. The molecule has 1 atom stereocenters. The molecule has 4 heteroatoms. The lowest BCUT2D eigenvalue weighted by atomic mass is 9.98. The molecular weight excluding hydrogens is 242 g/mol. The van der Waals surface area contributed by atoms with Crippen molar-refractivity contribution in [3.8, 4) is 0 Å². The molecule has 0 fully saturated rings. The fourth-order valence-electron chi connectivity index (χ4n) is 2.10. The van der Waals surface area contributed by atoms with Gasteiger partial charge < -0.3 is 9.74 Å². The Hall–Kier alpha value is -0.873. The van der Waals surface area contributed by atoms with Gasteiger partial charge >= 0.3 is 0 Å². The van der Waals surface area contributed by atoms with Crippen LogP contribution in [-0.4, -0.2) is 20.3 Å². The lowest BCUT2D eigenvalue weighted by Gasteiger charge is -2.40.